The van der Waals surface area contributed by atoms with Gasteiger partial charge in [0.05, 0.1) is 6.54 Å². The van der Waals surface area contributed by atoms with Crippen molar-refractivity contribution in [1.82, 2.24) is 10.6 Å². The summed E-state index contributed by atoms with van der Waals surface area (Å²) in [5.74, 6) is 2.86. The standard InChI is InChI=1S/C17H30N2O/c1-13(2)11-18-12-17-10-15(14(3)20-17)6-4-5-9-19-16-7-8-16/h10,13,16,18-19H,4-9,11-12H2,1-3H3. The quantitative estimate of drug-likeness (QED) is 0.644. The summed E-state index contributed by atoms with van der Waals surface area (Å²) in [6.45, 7) is 9.60. The topological polar surface area (TPSA) is 37.2 Å². The van der Waals surface area contributed by atoms with Gasteiger partial charge in [-0.2, -0.15) is 0 Å². The van der Waals surface area contributed by atoms with Gasteiger partial charge in [-0.25, -0.2) is 0 Å². The second kappa shape index (κ2) is 7.84. The number of hydrogen-bond donors (Lipinski definition) is 2. The third-order valence-corrected chi connectivity index (χ3v) is 3.81. The molecule has 0 spiro atoms. The van der Waals surface area contributed by atoms with Crippen LogP contribution in [0.1, 0.15) is 56.6 Å². The molecule has 114 valence electrons. The van der Waals surface area contributed by atoms with Crippen LogP contribution >= 0.6 is 0 Å². The SMILES string of the molecule is Cc1oc(CNCC(C)C)cc1CCCCNC1CC1. The lowest BCUT2D eigenvalue weighted by atomic mass is 10.1. The van der Waals surface area contributed by atoms with E-state index in [4.69, 9.17) is 4.42 Å². The number of aryl methyl sites for hydroxylation is 2. The van der Waals surface area contributed by atoms with E-state index in [-0.39, 0.29) is 0 Å². The van der Waals surface area contributed by atoms with Crippen LogP contribution in [0.25, 0.3) is 0 Å². The molecule has 3 heteroatoms. The van der Waals surface area contributed by atoms with E-state index in [2.05, 4.69) is 37.5 Å². The molecule has 0 unspecified atom stereocenters. The number of hydrogen-bond acceptors (Lipinski definition) is 3. The van der Waals surface area contributed by atoms with Crippen LogP contribution in [0, 0.1) is 12.8 Å². The summed E-state index contributed by atoms with van der Waals surface area (Å²) < 4.78 is 5.82. The first kappa shape index (κ1) is 15.6. The van der Waals surface area contributed by atoms with Crippen LogP contribution in [0.5, 0.6) is 0 Å². The van der Waals surface area contributed by atoms with Gasteiger partial charge in [0.15, 0.2) is 0 Å². The highest BCUT2D eigenvalue weighted by Gasteiger charge is 2.19. The van der Waals surface area contributed by atoms with E-state index in [1.165, 1.54) is 37.8 Å². The first-order chi connectivity index (χ1) is 9.65. The summed E-state index contributed by atoms with van der Waals surface area (Å²) in [6, 6.07) is 3.07. The summed E-state index contributed by atoms with van der Waals surface area (Å²) >= 11 is 0. The maximum Gasteiger partial charge on any atom is 0.118 e. The van der Waals surface area contributed by atoms with Crippen molar-refractivity contribution in [2.45, 2.75) is 65.5 Å². The lowest BCUT2D eigenvalue weighted by Gasteiger charge is -2.04. The van der Waals surface area contributed by atoms with E-state index in [0.717, 1.165) is 37.1 Å². The summed E-state index contributed by atoms with van der Waals surface area (Å²) in [5.41, 5.74) is 1.39. The summed E-state index contributed by atoms with van der Waals surface area (Å²) in [5, 5.41) is 7.00. The fourth-order valence-electron chi connectivity index (χ4n) is 2.44. The predicted molar refractivity (Wildman–Crippen MR) is 84.0 cm³/mol. The van der Waals surface area contributed by atoms with E-state index in [1.54, 1.807) is 0 Å². The Kier molecular flexibility index (Phi) is 6.11. The molecule has 0 amide bonds. The molecule has 3 nitrogen and oxygen atoms in total. The Morgan fingerprint density at radius 3 is 2.80 bits per heavy atom. The van der Waals surface area contributed by atoms with Crippen LogP contribution in [0.3, 0.4) is 0 Å². The Bertz CT molecular complexity index is 394. The van der Waals surface area contributed by atoms with Gasteiger partial charge in [0, 0.05) is 6.04 Å². The third-order valence-electron chi connectivity index (χ3n) is 3.81. The van der Waals surface area contributed by atoms with Crippen molar-refractivity contribution < 1.29 is 4.42 Å². The van der Waals surface area contributed by atoms with Crippen molar-refractivity contribution in [3.63, 3.8) is 0 Å². The normalized spacial score (nSPS) is 15.2. The molecule has 2 N–H and O–H groups in total. The summed E-state index contributed by atoms with van der Waals surface area (Å²) in [6.07, 6.45) is 6.42. The van der Waals surface area contributed by atoms with E-state index >= 15 is 0 Å². The van der Waals surface area contributed by atoms with Crippen LogP contribution in [0.2, 0.25) is 0 Å². The van der Waals surface area contributed by atoms with Crippen molar-refractivity contribution in [2.24, 2.45) is 5.92 Å². The Hall–Kier alpha value is -0.800. The average molecular weight is 278 g/mol. The number of nitrogens with one attached hydrogen (secondary N) is 2. The lowest BCUT2D eigenvalue weighted by Crippen LogP contribution is -2.18. The Morgan fingerprint density at radius 1 is 1.30 bits per heavy atom. The van der Waals surface area contributed by atoms with Gasteiger partial charge in [0.25, 0.3) is 0 Å². The molecule has 0 bridgehead atoms. The zero-order valence-electron chi connectivity index (χ0n) is 13.3. The minimum Gasteiger partial charge on any atom is -0.465 e. The van der Waals surface area contributed by atoms with Gasteiger partial charge in [-0.05, 0) is 69.7 Å². The Morgan fingerprint density at radius 2 is 2.10 bits per heavy atom. The largest absolute Gasteiger partial charge is 0.465 e. The zero-order valence-corrected chi connectivity index (χ0v) is 13.3. The van der Waals surface area contributed by atoms with Crippen molar-refractivity contribution in [3.05, 3.63) is 23.2 Å². The fraction of sp³-hybridized carbons (Fsp3) is 0.765. The van der Waals surface area contributed by atoms with Crippen molar-refractivity contribution in [1.29, 1.82) is 0 Å². The van der Waals surface area contributed by atoms with Gasteiger partial charge in [0.1, 0.15) is 11.5 Å². The maximum atomic E-state index is 5.82. The van der Waals surface area contributed by atoms with Gasteiger partial charge in [-0.3, -0.25) is 0 Å². The van der Waals surface area contributed by atoms with Crippen molar-refractivity contribution in [2.75, 3.05) is 13.1 Å². The Balaban J connectivity index is 1.64. The average Bonchev–Trinajstić information content (AvgIpc) is 3.14. The third kappa shape index (κ3) is 5.68. The summed E-state index contributed by atoms with van der Waals surface area (Å²) in [4.78, 5) is 0. The second-order valence-corrected chi connectivity index (χ2v) is 6.50. The number of furan rings is 1. The minimum absolute atomic E-state index is 0.685. The van der Waals surface area contributed by atoms with Crippen LogP contribution in [-0.4, -0.2) is 19.1 Å². The molecule has 20 heavy (non-hydrogen) atoms. The van der Waals surface area contributed by atoms with Crippen molar-refractivity contribution >= 4 is 0 Å². The van der Waals surface area contributed by atoms with E-state index in [9.17, 15) is 0 Å². The summed E-state index contributed by atoms with van der Waals surface area (Å²) in [7, 11) is 0. The molecule has 1 saturated carbocycles. The minimum atomic E-state index is 0.685. The molecular weight excluding hydrogens is 248 g/mol. The highest BCUT2D eigenvalue weighted by Crippen LogP contribution is 2.19. The molecule has 1 aliphatic rings. The highest BCUT2D eigenvalue weighted by atomic mass is 16.3. The monoisotopic (exact) mass is 278 g/mol. The zero-order chi connectivity index (χ0) is 14.4. The highest BCUT2D eigenvalue weighted by molar-refractivity contribution is 5.20. The maximum absolute atomic E-state index is 5.82. The first-order valence-corrected chi connectivity index (χ1v) is 8.17. The molecule has 2 rings (SSSR count). The lowest BCUT2D eigenvalue weighted by molar-refractivity contribution is 0.446. The van der Waals surface area contributed by atoms with Gasteiger partial charge >= 0.3 is 0 Å². The molecular formula is C17H30N2O. The number of rotatable bonds is 10. The van der Waals surface area contributed by atoms with Crippen LogP contribution < -0.4 is 10.6 Å². The molecule has 0 aliphatic heterocycles. The Labute approximate surface area is 123 Å². The molecule has 0 radical (unpaired) electrons. The van der Waals surface area contributed by atoms with Crippen LogP contribution in [-0.2, 0) is 13.0 Å². The molecule has 1 aliphatic carbocycles. The van der Waals surface area contributed by atoms with Crippen molar-refractivity contribution in [3.8, 4) is 0 Å². The predicted octanol–water partition coefficient (Wildman–Crippen LogP) is 3.41. The molecule has 0 aromatic carbocycles. The molecule has 1 aromatic heterocycles. The van der Waals surface area contributed by atoms with E-state index in [1.807, 2.05) is 0 Å². The molecule has 0 atom stereocenters. The number of unbranched alkanes of at least 4 members (excludes halogenated alkanes) is 1. The molecule has 1 fully saturated rings. The van der Waals surface area contributed by atoms with E-state index < -0.39 is 0 Å². The smallest absolute Gasteiger partial charge is 0.118 e. The van der Waals surface area contributed by atoms with Gasteiger partial charge < -0.3 is 15.1 Å². The fourth-order valence-corrected chi connectivity index (χ4v) is 2.44. The second-order valence-electron chi connectivity index (χ2n) is 6.50. The molecule has 0 saturated heterocycles. The van der Waals surface area contributed by atoms with Crippen LogP contribution in [0.15, 0.2) is 10.5 Å². The molecule has 1 aromatic rings. The van der Waals surface area contributed by atoms with Crippen LogP contribution in [0.4, 0.5) is 0 Å². The van der Waals surface area contributed by atoms with Gasteiger partial charge in [-0.15, -0.1) is 0 Å². The molecule has 1 heterocycles. The van der Waals surface area contributed by atoms with E-state index in [0.29, 0.717) is 5.92 Å². The van der Waals surface area contributed by atoms with Gasteiger partial charge in [-0.1, -0.05) is 13.8 Å². The first-order valence-electron chi connectivity index (χ1n) is 8.17. The van der Waals surface area contributed by atoms with Gasteiger partial charge in [0.2, 0.25) is 0 Å².